The van der Waals surface area contributed by atoms with E-state index < -0.39 is 0 Å². The summed E-state index contributed by atoms with van der Waals surface area (Å²) in [4.78, 5) is 25.3. The van der Waals surface area contributed by atoms with Crippen LogP contribution in [0, 0.1) is 5.92 Å². The Morgan fingerprint density at radius 1 is 1.29 bits per heavy atom. The highest BCUT2D eigenvalue weighted by molar-refractivity contribution is 6.00. The smallest absolute Gasteiger partial charge is 0.256 e. The maximum absolute atomic E-state index is 12.8. The van der Waals surface area contributed by atoms with Gasteiger partial charge in [0.05, 0.1) is 10.9 Å². The highest BCUT2D eigenvalue weighted by atomic mass is 16.2. The van der Waals surface area contributed by atoms with Crippen molar-refractivity contribution in [2.75, 3.05) is 12.3 Å². The molecule has 130 valence electrons. The van der Waals surface area contributed by atoms with Crippen LogP contribution in [0.25, 0.3) is 10.9 Å². The molecule has 0 aliphatic rings. The second-order valence-electron chi connectivity index (χ2n) is 6.72. The van der Waals surface area contributed by atoms with E-state index in [-0.39, 0.29) is 22.9 Å². The monoisotopic (exact) mass is 329 g/mol. The lowest BCUT2D eigenvalue weighted by Gasteiger charge is -2.19. The van der Waals surface area contributed by atoms with E-state index in [4.69, 9.17) is 5.73 Å². The van der Waals surface area contributed by atoms with Crippen LogP contribution in [-0.2, 0) is 0 Å². The molecule has 5 heteroatoms. The molecule has 0 saturated heterocycles. The summed E-state index contributed by atoms with van der Waals surface area (Å²) in [5.74, 6) is 0.164. The lowest BCUT2D eigenvalue weighted by molar-refractivity contribution is 0.0950. The SMILES string of the molecule is CCC(C)n1cc(C(=O)NCCC(C)C)c(=O)c2c(N)cccc21. The van der Waals surface area contributed by atoms with Gasteiger partial charge in [-0.25, -0.2) is 0 Å². The predicted octanol–water partition coefficient (Wildman–Crippen LogP) is 3.33. The molecule has 1 aromatic heterocycles. The van der Waals surface area contributed by atoms with Crippen LogP contribution in [0.1, 0.15) is 56.9 Å². The summed E-state index contributed by atoms with van der Waals surface area (Å²) in [7, 11) is 0. The summed E-state index contributed by atoms with van der Waals surface area (Å²) >= 11 is 0. The molecule has 0 saturated carbocycles. The zero-order valence-electron chi connectivity index (χ0n) is 14.9. The number of hydrogen-bond donors (Lipinski definition) is 2. The molecule has 0 bridgehead atoms. The number of fused-ring (bicyclic) bond motifs is 1. The van der Waals surface area contributed by atoms with Crippen LogP contribution >= 0.6 is 0 Å². The minimum absolute atomic E-state index is 0.157. The minimum atomic E-state index is -0.331. The van der Waals surface area contributed by atoms with Gasteiger partial charge in [0.1, 0.15) is 5.56 Å². The van der Waals surface area contributed by atoms with Crippen molar-refractivity contribution in [3.63, 3.8) is 0 Å². The standard InChI is InChI=1S/C19H27N3O2/c1-5-13(4)22-11-14(19(24)21-10-9-12(2)3)18(23)17-15(20)7-6-8-16(17)22/h6-8,11-13H,5,9-10,20H2,1-4H3,(H,21,24). The van der Waals surface area contributed by atoms with E-state index in [1.54, 1.807) is 12.3 Å². The van der Waals surface area contributed by atoms with Crippen molar-refractivity contribution in [2.45, 2.75) is 46.6 Å². The van der Waals surface area contributed by atoms with Gasteiger partial charge in [0.15, 0.2) is 0 Å². The largest absolute Gasteiger partial charge is 0.398 e. The van der Waals surface area contributed by atoms with Gasteiger partial charge in [-0.2, -0.15) is 0 Å². The molecule has 1 amide bonds. The number of amides is 1. The van der Waals surface area contributed by atoms with E-state index in [9.17, 15) is 9.59 Å². The molecule has 5 nitrogen and oxygen atoms in total. The normalized spacial score (nSPS) is 12.5. The zero-order valence-corrected chi connectivity index (χ0v) is 14.9. The molecule has 1 unspecified atom stereocenters. The molecule has 1 aromatic carbocycles. The number of rotatable bonds is 6. The van der Waals surface area contributed by atoms with Crippen LogP contribution in [0.15, 0.2) is 29.2 Å². The number of nitrogens with two attached hydrogens (primary N) is 1. The molecule has 2 aromatic rings. The number of nitrogen functional groups attached to an aromatic ring is 1. The second-order valence-corrected chi connectivity index (χ2v) is 6.72. The van der Waals surface area contributed by atoms with Crippen LogP contribution in [0.5, 0.6) is 0 Å². The van der Waals surface area contributed by atoms with Gasteiger partial charge in [0, 0.05) is 24.5 Å². The summed E-state index contributed by atoms with van der Waals surface area (Å²) in [6.07, 6.45) is 3.44. The predicted molar refractivity (Wildman–Crippen MR) is 99.4 cm³/mol. The van der Waals surface area contributed by atoms with Crippen LogP contribution in [0.4, 0.5) is 5.69 Å². The third kappa shape index (κ3) is 3.61. The lowest BCUT2D eigenvalue weighted by atomic mass is 10.1. The summed E-state index contributed by atoms with van der Waals surface area (Å²) < 4.78 is 1.98. The van der Waals surface area contributed by atoms with Gasteiger partial charge in [-0.15, -0.1) is 0 Å². The van der Waals surface area contributed by atoms with Crippen molar-refractivity contribution in [3.05, 3.63) is 40.2 Å². The number of carbonyl (C=O) groups excluding carboxylic acids is 1. The number of nitrogens with one attached hydrogen (secondary N) is 1. The van der Waals surface area contributed by atoms with Crippen molar-refractivity contribution in [2.24, 2.45) is 5.92 Å². The Labute approximate surface area is 142 Å². The molecule has 0 aliphatic carbocycles. The lowest BCUT2D eigenvalue weighted by Crippen LogP contribution is -2.31. The third-order valence-electron chi connectivity index (χ3n) is 4.41. The van der Waals surface area contributed by atoms with E-state index >= 15 is 0 Å². The average molecular weight is 329 g/mol. The van der Waals surface area contributed by atoms with E-state index in [2.05, 4.69) is 33.0 Å². The first-order valence-electron chi connectivity index (χ1n) is 8.58. The van der Waals surface area contributed by atoms with Gasteiger partial charge in [0.25, 0.3) is 5.91 Å². The minimum Gasteiger partial charge on any atom is -0.398 e. The Balaban J connectivity index is 2.54. The number of benzene rings is 1. The van der Waals surface area contributed by atoms with Crippen LogP contribution in [-0.4, -0.2) is 17.0 Å². The average Bonchev–Trinajstić information content (AvgIpc) is 2.54. The maximum atomic E-state index is 12.8. The second kappa shape index (κ2) is 7.51. The van der Waals surface area contributed by atoms with E-state index in [1.807, 2.05) is 16.7 Å². The molecular weight excluding hydrogens is 302 g/mol. The first-order chi connectivity index (χ1) is 11.4. The Kier molecular flexibility index (Phi) is 5.65. The van der Waals surface area contributed by atoms with Crippen molar-refractivity contribution >= 4 is 22.5 Å². The van der Waals surface area contributed by atoms with Gasteiger partial charge in [-0.1, -0.05) is 26.8 Å². The number of pyridine rings is 1. The quantitative estimate of drug-likeness (QED) is 0.798. The highest BCUT2D eigenvalue weighted by Gasteiger charge is 2.18. The Morgan fingerprint density at radius 2 is 2.00 bits per heavy atom. The molecule has 0 fully saturated rings. The van der Waals surface area contributed by atoms with Crippen molar-refractivity contribution in [3.8, 4) is 0 Å². The topological polar surface area (TPSA) is 77.1 Å². The van der Waals surface area contributed by atoms with Gasteiger partial charge in [-0.3, -0.25) is 9.59 Å². The van der Waals surface area contributed by atoms with Crippen LogP contribution in [0.2, 0.25) is 0 Å². The molecule has 0 radical (unpaired) electrons. The highest BCUT2D eigenvalue weighted by Crippen LogP contribution is 2.23. The summed E-state index contributed by atoms with van der Waals surface area (Å²) in [5.41, 5.74) is 7.07. The van der Waals surface area contributed by atoms with Crippen LogP contribution < -0.4 is 16.5 Å². The molecule has 0 aliphatic heterocycles. The fourth-order valence-electron chi connectivity index (χ4n) is 2.71. The number of hydrogen-bond acceptors (Lipinski definition) is 3. The molecule has 24 heavy (non-hydrogen) atoms. The van der Waals surface area contributed by atoms with Gasteiger partial charge in [0.2, 0.25) is 5.43 Å². The Bertz CT molecular complexity index is 793. The number of aromatic nitrogens is 1. The fraction of sp³-hybridized carbons (Fsp3) is 0.474. The van der Waals surface area contributed by atoms with Crippen LogP contribution in [0.3, 0.4) is 0 Å². The molecular formula is C19H27N3O2. The maximum Gasteiger partial charge on any atom is 0.256 e. The molecule has 3 N–H and O–H groups in total. The molecule has 2 rings (SSSR count). The summed E-state index contributed by atoms with van der Waals surface area (Å²) in [5, 5.41) is 3.27. The summed E-state index contributed by atoms with van der Waals surface area (Å²) in [6.45, 7) is 8.88. The molecule has 1 heterocycles. The number of anilines is 1. The van der Waals surface area contributed by atoms with Crippen molar-refractivity contribution in [1.82, 2.24) is 9.88 Å². The zero-order chi connectivity index (χ0) is 17.9. The first kappa shape index (κ1) is 18.0. The first-order valence-corrected chi connectivity index (χ1v) is 8.58. The van der Waals surface area contributed by atoms with E-state index in [1.165, 1.54) is 0 Å². The van der Waals surface area contributed by atoms with Gasteiger partial charge in [-0.05, 0) is 37.8 Å². The van der Waals surface area contributed by atoms with E-state index in [0.717, 1.165) is 18.4 Å². The van der Waals surface area contributed by atoms with Crippen molar-refractivity contribution < 1.29 is 4.79 Å². The van der Waals surface area contributed by atoms with E-state index in [0.29, 0.717) is 23.5 Å². The fourth-order valence-corrected chi connectivity index (χ4v) is 2.71. The van der Waals surface area contributed by atoms with Crippen molar-refractivity contribution in [1.29, 1.82) is 0 Å². The molecule has 0 spiro atoms. The Hall–Kier alpha value is -2.30. The van der Waals surface area contributed by atoms with Gasteiger partial charge < -0.3 is 15.6 Å². The molecule has 1 atom stereocenters. The summed E-state index contributed by atoms with van der Waals surface area (Å²) in [6, 6.07) is 5.57. The van der Waals surface area contributed by atoms with Gasteiger partial charge >= 0.3 is 0 Å². The third-order valence-corrected chi connectivity index (χ3v) is 4.41. The Morgan fingerprint density at radius 3 is 2.62 bits per heavy atom. The number of carbonyl (C=O) groups is 1. The number of nitrogens with zero attached hydrogens (tertiary/aromatic N) is 1.